The van der Waals surface area contributed by atoms with Gasteiger partial charge in [0.25, 0.3) is 0 Å². The lowest BCUT2D eigenvalue weighted by Gasteiger charge is -2.62. The molecular weight excluding hydrogens is 259 g/mol. The lowest BCUT2D eigenvalue weighted by Crippen LogP contribution is -2.62. The summed E-state index contributed by atoms with van der Waals surface area (Å²) < 4.78 is 38.8. The maximum atomic E-state index is 12.9. The van der Waals surface area contributed by atoms with E-state index in [-0.39, 0.29) is 18.3 Å². The SMILES string of the molecule is NC(=O)C12CC3C[C@@H](C1)CC(C(O)C(F)(F)F)(C3)C2. The zero-order valence-electron chi connectivity index (χ0n) is 10.5. The number of rotatable bonds is 2. The first-order valence-corrected chi connectivity index (χ1v) is 6.72. The predicted molar refractivity (Wildman–Crippen MR) is 60.8 cm³/mol. The second-order valence-corrected chi connectivity index (χ2v) is 6.91. The summed E-state index contributed by atoms with van der Waals surface area (Å²) in [6.07, 6.45) is -4.02. The monoisotopic (exact) mass is 277 g/mol. The van der Waals surface area contributed by atoms with Gasteiger partial charge in [-0.1, -0.05) is 0 Å². The number of primary amides is 1. The highest BCUT2D eigenvalue weighted by molar-refractivity contribution is 5.81. The first kappa shape index (κ1) is 13.2. The highest BCUT2D eigenvalue weighted by Crippen LogP contribution is 2.67. The summed E-state index contributed by atoms with van der Waals surface area (Å²) in [6.45, 7) is 0. The standard InChI is InChI=1S/C13H18F3NO2/c14-13(15,16)9(18)11-2-7-1-8(3-11)5-12(4-7,6-11)10(17)19/h7-9,18H,1-6H2,(H2,17,19)/t7-,8?,9?,11?,12?/m1/s1. The molecule has 3 N–H and O–H groups in total. The van der Waals surface area contributed by atoms with Crippen LogP contribution in [-0.2, 0) is 4.79 Å². The largest absolute Gasteiger partial charge is 0.414 e. The van der Waals surface area contributed by atoms with Crippen molar-refractivity contribution in [3.63, 3.8) is 0 Å². The zero-order chi connectivity index (χ0) is 14.1. The van der Waals surface area contributed by atoms with E-state index in [9.17, 15) is 23.1 Å². The number of hydrogen-bond donors (Lipinski definition) is 2. The second kappa shape index (κ2) is 3.65. The zero-order valence-corrected chi connectivity index (χ0v) is 10.5. The Balaban J connectivity index is 1.98. The van der Waals surface area contributed by atoms with Gasteiger partial charge in [-0.05, 0) is 50.4 Å². The van der Waals surface area contributed by atoms with Crippen LogP contribution in [0, 0.1) is 22.7 Å². The minimum absolute atomic E-state index is 0.100. The van der Waals surface area contributed by atoms with Crippen molar-refractivity contribution in [3.05, 3.63) is 0 Å². The third-order valence-corrected chi connectivity index (χ3v) is 5.52. The average Bonchev–Trinajstić information content (AvgIpc) is 2.24. The van der Waals surface area contributed by atoms with Crippen LogP contribution < -0.4 is 5.73 Å². The summed E-state index contributed by atoms with van der Waals surface area (Å²) in [5, 5.41) is 9.77. The van der Waals surface area contributed by atoms with E-state index in [1.54, 1.807) is 0 Å². The summed E-state index contributed by atoms with van der Waals surface area (Å²) in [4.78, 5) is 11.7. The molecule has 4 fully saturated rings. The maximum Gasteiger partial charge on any atom is 0.414 e. The quantitative estimate of drug-likeness (QED) is 0.810. The van der Waals surface area contributed by atoms with Crippen molar-refractivity contribution in [2.75, 3.05) is 0 Å². The van der Waals surface area contributed by atoms with E-state index in [1.807, 2.05) is 0 Å². The number of halogens is 3. The molecule has 0 aromatic rings. The lowest BCUT2D eigenvalue weighted by molar-refractivity contribution is -0.271. The molecule has 5 atom stereocenters. The van der Waals surface area contributed by atoms with Crippen LogP contribution in [0.4, 0.5) is 13.2 Å². The molecule has 0 spiro atoms. The Hall–Kier alpha value is -0.780. The minimum atomic E-state index is -4.62. The summed E-state index contributed by atoms with van der Waals surface area (Å²) in [5.74, 6) is -0.281. The molecule has 4 aliphatic carbocycles. The van der Waals surface area contributed by atoms with Crippen LogP contribution in [-0.4, -0.2) is 23.3 Å². The van der Waals surface area contributed by atoms with Gasteiger partial charge < -0.3 is 10.8 Å². The molecule has 4 bridgehead atoms. The van der Waals surface area contributed by atoms with Gasteiger partial charge >= 0.3 is 6.18 Å². The molecule has 19 heavy (non-hydrogen) atoms. The van der Waals surface area contributed by atoms with Crippen molar-refractivity contribution in [1.82, 2.24) is 0 Å². The van der Waals surface area contributed by atoms with E-state index < -0.39 is 29.0 Å². The second-order valence-electron chi connectivity index (χ2n) is 6.91. The summed E-state index contributed by atoms with van der Waals surface area (Å²) in [7, 11) is 0. The number of hydrogen-bond acceptors (Lipinski definition) is 2. The van der Waals surface area contributed by atoms with Crippen LogP contribution in [0.25, 0.3) is 0 Å². The molecule has 0 aromatic carbocycles. The number of alkyl halides is 3. The van der Waals surface area contributed by atoms with E-state index in [1.165, 1.54) is 0 Å². The van der Waals surface area contributed by atoms with Crippen LogP contribution in [0.1, 0.15) is 38.5 Å². The predicted octanol–water partition coefficient (Wildman–Crippen LogP) is 1.98. The molecule has 0 heterocycles. The van der Waals surface area contributed by atoms with Crippen molar-refractivity contribution >= 4 is 5.91 Å². The van der Waals surface area contributed by atoms with E-state index >= 15 is 0 Å². The molecule has 4 unspecified atom stereocenters. The highest BCUT2D eigenvalue weighted by Gasteiger charge is 2.65. The molecule has 3 nitrogen and oxygen atoms in total. The van der Waals surface area contributed by atoms with Gasteiger partial charge in [0.2, 0.25) is 5.91 Å². The Labute approximate surface area is 109 Å². The van der Waals surface area contributed by atoms with E-state index in [0.717, 1.165) is 6.42 Å². The van der Waals surface area contributed by atoms with Gasteiger partial charge in [-0.15, -0.1) is 0 Å². The Morgan fingerprint density at radius 1 is 1.21 bits per heavy atom. The number of amides is 1. The summed E-state index contributed by atoms with van der Waals surface area (Å²) in [5.41, 5.74) is 3.47. The Morgan fingerprint density at radius 2 is 1.74 bits per heavy atom. The van der Waals surface area contributed by atoms with Gasteiger partial charge in [-0.25, -0.2) is 0 Å². The molecular formula is C13H18F3NO2. The van der Waals surface area contributed by atoms with Gasteiger partial charge in [0.15, 0.2) is 6.10 Å². The average molecular weight is 277 g/mol. The third kappa shape index (κ3) is 1.79. The van der Waals surface area contributed by atoms with Crippen molar-refractivity contribution in [1.29, 1.82) is 0 Å². The molecule has 1 amide bonds. The van der Waals surface area contributed by atoms with Gasteiger partial charge in [0.1, 0.15) is 0 Å². The normalized spacial score (nSPS) is 46.3. The van der Waals surface area contributed by atoms with Gasteiger partial charge in [0.05, 0.1) is 5.41 Å². The van der Waals surface area contributed by atoms with E-state index in [4.69, 9.17) is 5.73 Å². The first-order valence-electron chi connectivity index (χ1n) is 6.72. The van der Waals surface area contributed by atoms with Crippen molar-refractivity contribution < 1.29 is 23.1 Å². The fourth-order valence-electron chi connectivity index (χ4n) is 5.29. The number of carbonyl (C=O) groups is 1. The molecule has 4 aliphatic rings. The number of aliphatic hydroxyl groups excluding tert-OH is 1. The molecule has 6 heteroatoms. The van der Waals surface area contributed by atoms with Crippen LogP contribution in [0.3, 0.4) is 0 Å². The highest BCUT2D eigenvalue weighted by atomic mass is 19.4. The maximum absolute atomic E-state index is 12.9. The third-order valence-electron chi connectivity index (χ3n) is 5.52. The summed E-state index contributed by atoms with van der Waals surface area (Å²) in [6, 6.07) is 0. The van der Waals surface area contributed by atoms with Gasteiger partial charge in [0, 0.05) is 5.41 Å². The Morgan fingerprint density at radius 3 is 2.16 bits per heavy atom. The van der Waals surface area contributed by atoms with Crippen molar-refractivity contribution in [2.45, 2.75) is 50.8 Å². The minimum Gasteiger partial charge on any atom is -0.383 e. The fraction of sp³-hybridized carbons (Fsp3) is 0.923. The van der Waals surface area contributed by atoms with Crippen LogP contribution in [0.2, 0.25) is 0 Å². The van der Waals surface area contributed by atoms with E-state index in [0.29, 0.717) is 25.7 Å². The topological polar surface area (TPSA) is 63.3 Å². The molecule has 4 saturated carbocycles. The molecule has 0 saturated heterocycles. The number of nitrogens with two attached hydrogens (primary N) is 1. The first-order chi connectivity index (χ1) is 8.67. The van der Waals surface area contributed by atoms with Crippen LogP contribution in [0.15, 0.2) is 0 Å². The fourth-order valence-corrected chi connectivity index (χ4v) is 5.29. The Kier molecular flexibility index (Phi) is 2.54. The molecule has 4 rings (SSSR count). The smallest absolute Gasteiger partial charge is 0.383 e. The van der Waals surface area contributed by atoms with Gasteiger partial charge in [-0.3, -0.25) is 4.79 Å². The lowest BCUT2D eigenvalue weighted by atomic mass is 9.42. The number of carbonyl (C=O) groups excluding carboxylic acids is 1. The molecule has 108 valence electrons. The summed E-state index contributed by atoms with van der Waals surface area (Å²) >= 11 is 0. The van der Waals surface area contributed by atoms with Crippen molar-refractivity contribution in [3.8, 4) is 0 Å². The van der Waals surface area contributed by atoms with E-state index in [2.05, 4.69) is 0 Å². The van der Waals surface area contributed by atoms with Crippen molar-refractivity contribution in [2.24, 2.45) is 28.4 Å². The van der Waals surface area contributed by atoms with Gasteiger partial charge in [-0.2, -0.15) is 13.2 Å². The molecule has 0 aliphatic heterocycles. The Bertz CT molecular complexity index is 407. The van der Waals surface area contributed by atoms with Crippen LogP contribution >= 0.6 is 0 Å². The molecule has 0 radical (unpaired) electrons. The van der Waals surface area contributed by atoms with Crippen LogP contribution in [0.5, 0.6) is 0 Å². The number of aliphatic hydroxyl groups is 1. The molecule has 0 aromatic heterocycles.